The van der Waals surface area contributed by atoms with Crippen molar-refractivity contribution in [3.63, 3.8) is 0 Å². The molecule has 1 fully saturated rings. The number of sulfonamides is 1. The van der Waals surface area contributed by atoms with E-state index in [-0.39, 0.29) is 17.2 Å². The van der Waals surface area contributed by atoms with Crippen LogP contribution in [0.3, 0.4) is 0 Å². The predicted molar refractivity (Wildman–Crippen MR) is 108 cm³/mol. The van der Waals surface area contributed by atoms with Gasteiger partial charge in [-0.15, -0.1) is 0 Å². The van der Waals surface area contributed by atoms with E-state index >= 15 is 0 Å². The van der Waals surface area contributed by atoms with Crippen molar-refractivity contribution in [1.82, 2.24) is 19.3 Å². The zero-order valence-electron chi connectivity index (χ0n) is 16.8. The number of aryl methyl sites for hydroxylation is 1. The van der Waals surface area contributed by atoms with E-state index in [1.165, 1.54) is 10.4 Å². The largest absolute Gasteiger partial charge is 0.338 e. The van der Waals surface area contributed by atoms with Crippen LogP contribution in [0.15, 0.2) is 33.7 Å². The van der Waals surface area contributed by atoms with Crippen molar-refractivity contribution in [2.24, 2.45) is 0 Å². The van der Waals surface area contributed by atoms with E-state index in [2.05, 4.69) is 15.5 Å². The Morgan fingerprint density at radius 2 is 2.07 bits per heavy atom. The fourth-order valence-electron chi connectivity index (χ4n) is 3.14. The number of amides is 1. The lowest BCUT2D eigenvalue weighted by atomic mass is 10.3. The van der Waals surface area contributed by atoms with Gasteiger partial charge in [0.1, 0.15) is 0 Å². The van der Waals surface area contributed by atoms with Crippen molar-refractivity contribution in [2.75, 3.05) is 32.0 Å². The average Bonchev–Trinajstić information content (AvgIpc) is 3.39. The Morgan fingerprint density at radius 3 is 2.76 bits per heavy atom. The molecule has 1 N–H and O–H groups in total. The molecule has 2 aromatic rings. The molecule has 29 heavy (non-hydrogen) atoms. The van der Waals surface area contributed by atoms with Crippen LogP contribution >= 0.6 is 0 Å². The molecular weight excluding hydrogens is 394 g/mol. The normalized spacial score (nSPS) is 15.1. The third kappa shape index (κ3) is 5.62. The fourth-order valence-corrected chi connectivity index (χ4v) is 4.70. The highest BCUT2D eigenvalue weighted by atomic mass is 32.2. The zero-order valence-corrected chi connectivity index (χ0v) is 17.6. The van der Waals surface area contributed by atoms with Crippen molar-refractivity contribution in [1.29, 1.82) is 0 Å². The van der Waals surface area contributed by atoms with Gasteiger partial charge >= 0.3 is 0 Å². The van der Waals surface area contributed by atoms with Crippen LogP contribution in [0.5, 0.6) is 0 Å². The van der Waals surface area contributed by atoms with Gasteiger partial charge in [-0.1, -0.05) is 18.1 Å². The maximum Gasteiger partial charge on any atom is 0.243 e. The number of nitrogens with one attached hydrogen (secondary N) is 1. The lowest BCUT2D eigenvalue weighted by Gasteiger charge is -2.16. The van der Waals surface area contributed by atoms with Gasteiger partial charge in [-0.3, -0.25) is 9.69 Å². The maximum atomic E-state index is 12.7. The quantitative estimate of drug-likeness (QED) is 0.658. The van der Waals surface area contributed by atoms with Gasteiger partial charge in [-0.05, 0) is 38.1 Å². The lowest BCUT2D eigenvalue weighted by Crippen LogP contribution is -2.28. The minimum absolute atomic E-state index is 0.188. The SMILES string of the molecule is CCc1noc(CN(C)CCC(=O)Nc2cccc(S(=O)(=O)N3CCCC3)c2)n1. The molecular formula is C19H27N5O4S. The first kappa shape index (κ1) is 21.4. The maximum absolute atomic E-state index is 12.7. The molecule has 0 atom stereocenters. The molecule has 10 heteroatoms. The van der Waals surface area contributed by atoms with Gasteiger partial charge in [-0.25, -0.2) is 8.42 Å². The van der Waals surface area contributed by atoms with E-state index in [4.69, 9.17) is 4.52 Å². The number of rotatable bonds is 9. The van der Waals surface area contributed by atoms with E-state index in [0.717, 1.165) is 12.8 Å². The van der Waals surface area contributed by atoms with E-state index < -0.39 is 10.0 Å². The summed E-state index contributed by atoms with van der Waals surface area (Å²) in [5.41, 5.74) is 0.474. The van der Waals surface area contributed by atoms with Crippen molar-refractivity contribution in [2.45, 2.75) is 44.0 Å². The molecule has 9 nitrogen and oxygen atoms in total. The zero-order chi connectivity index (χ0) is 20.9. The number of carbonyl (C=O) groups excluding carboxylic acids is 1. The minimum atomic E-state index is -3.51. The summed E-state index contributed by atoms with van der Waals surface area (Å²) in [6.07, 6.45) is 2.73. The Morgan fingerprint density at radius 1 is 1.31 bits per heavy atom. The van der Waals surface area contributed by atoms with Gasteiger partial charge in [-0.2, -0.15) is 9.29 Å². The van der Waals surface area contributed by atoms with Crippen LogP contribution in [0.1, 0.15) is 37.9 Å². The number of carbonyl (C=O) groups is 1. The summed E-state index contributed by atoms with van der Waals surface area (Å²) < 4.78 is 32.0. The van der Waals surface area contributed by atoms with E-state index in [1.807, 2.05) is 18.9 Å². The molecule has 1 aromatic carbocycles. The molecule has 0 radical (unpaired) electrons. The van der Waals surface area contributed by atoms with Gasteiger partial charge in [0.15, 0.2) is 5.82 Å². The number of aromatic nitrogens is 2. The van der Waals surface area contributed by atoms with E-state index in [1.54, 1.807) is 18.2 Å². The van der Waals surface area contributed by atoms with Gasteiger partial charge in [0.2, 0.25) is 21.8 Å². The van der Waals surface area contributed by atoms with Gasteiger partial charge < -0.3 is 9.84 Å². The first-order chi connectivity index (χ1) is 13.9. The molecule has 158 valence electrons. The highest BCUT2D eigenvalue weighted by Crippen LogP contribution is 2.23. The second-order valence-corrected chi connectivity index (χ2v) is 9.07. The molecule has 0 unspecified atom stereocenters. The monoisotopic (exact) mass is 421 g/mol. The highest BCUT2D eigenvalue weighted by Gasteiger charge is 2.27. The molecule has 0 aliphatic carbocycles. The number of anilines is 1. The molecule has 0 saturated carbocycles. The Labute approximate surface area is 171 Å². The average molecular weight is 422 g/mol. The second-order valence-electron chi connectivity index (χ2n) is 7.13. The summed E-state index contributed by atoms with van der Waals surface area (Å²) in [5.74, 6) is 0.992. The van der Waals surface area contributed by atoms with Crippen LogP contribution in [0.2, 0.25) is 0 Å². The van der Waals surface area contributed by atoms with Crippen molar-refractivity contribution in [3.8, 4) is 0 Å². The van der Waals surface area contributed by atoms with Crippen LogP contribution < -0.4 is 5.32 Å². The summed E-state index contributed by atoms with van der Waals surface area (Å²) in [6, 6.07) is 6.41. The van der Waals surface area contributed by atoms with Crippen molar-refractivity contribution in [3.05, 3.63) is 36.0 Å². The Bertz CT molecular complexity index is 938. The molecule has 1 aliphatic heterocycles. The minimum Gasteiger partial charge on any atom is -0.338 e. The molecule has 1 saturated heterocycles. The summed E-state index contributed by atoms with van der Waals surface area (Å²) in [4.78, 5) is 18.7. The Kier molecular flexibility index (Phi) is 6.99. The highest BCUT2D eigenvalue weighted by molar-refractivity contribution is 7.89. The standard InChI is InChI=1S/C19H27N5O4S/c1-3-17-21-19(28-22-17)14-23(2)12-9-18(25)20-15-7-6-8-16(13-15)29(26,27)24-10-4-5-11-24/h6-8,13H,3-5,9-12,14H2,1-2H3,(H,20,25). The third-order valence-corrected chi connectivity index (χ3v) is 6.67. The molecule has 2 heterocycles. The molecule has 3 rings (SSSR count). The fraction of sp³-hybridized carbons (Fsp3) is 0.526. The van der Waals surface area contributed by atoms with Crippen LogP contribution in [-0.2, 0) is 27.8 Å². The predicted octanol–water partition coefficient (Wildman–Crippen LogP) is 1.88. The van der Waals surface area contributed by atoms with Crippen molar-refractivity contribution >= 4 is 21.6 Å². The summed E-state index contributed by atoms with van der Waals surface area (Å²) in [7, 11) is -1.64. The number of hydrogen-bond acceptors (Lipinski definition) is 7. The van der Waals surface area contributed by atoms with E-state index in [9.17, 15) is 13.2 Å². The van der Waals surface area contributed by atoms with Crippen LogP contribution in [0, 0.1) is 0 Å². The van der Waals surface area contributed by atoms with Crippen LogP contribution in [0.4, 0.5) is 5.69 Å². The van der Waals surface area contributed by atoms with Crippen LogP contribution in [-0.4, -0.2) is 60.4 Å². The smallest absolute Gasteiger partial charge is 0.243 e. The third-order valence-electron chi connectivity index (χ3n) is 4.77. The van der Waals surface area contributed by atoms with Gasteiger partial charge in [0.05, 0.1) is 11.4 Å². The summed E-state index contributed by atoms with van der Waals surface area (Å²) in [5, 5.41) is 6.63. The second kappa shape index (κ2) is 9.47. The van der Waals surface area contributed by atoms with Crippen molar-refractivity contribution < 1.29 is 17.7 Å². The molecule has 1 aromatic heterocycles. The summed E-state index contributed by atoms with van der Waals surface area (Å²) >= 11 is 0. The number of nitrogens with zero attached hydrogens (tertiary/aromatic N) is 4. The van der Waals surface area contributed by atoms with Gasteiger partial charge in [0, 0.05) is 38.2 Å². The van der Waals surface area contributed by atoms with Gasteiger partial charge in [0.25, 0.3) is 0 Å². The molecule has 0 spiro atoms. The molecule has 1 aliphatic rings. The van der Waals surface area contributed by atoms with Crippen LogP contribution in [0.25, 0.3) is 0 Å². The summed E-state index contributed by atoms with van der Waals surface area (Å²) in [6.45, 7) is 4.01. The first-order valence-electron chi connectivity index (χ1n) is 9.78. The first-order valence-corrected chi connectivity index (χ1v) is 11.2. The topological polar surface area (TPSA) is 109 Å². The Balaban J connectivity index is 1.52. The number of benzene rings is 1. The number of hydrogen-bond donors (Lipinski definition) is 1. The van der Waals surface area contributed by atoms with E-state index in [0.29, 0.717) is 50.0 Å². The molecule has 0 bridgehead atoms. The Hall–Kier alpha value is -2.30. The molecule has 1 amide bonds. The lowest BCUT2D eigenvalue weighted by molar-refractivity contribution is -0.116.